The van der Waals surface area contributed by atoms with Crippen LogP contribution in [0.15, 0.2) is 18.3 Å². The zero-order valence-corrected chi connectivity index (χ0v) is 9.32. The Morgan fingerprint density at radius 1 is 1.60 bits per heavy atom. The highest BCUT2D eigenvalue weighted by molar-refractivity contribution is 5.19. The molecule has 1 aromatic heterocycles. The van der Waals surface area contributed by atoms with Crippen LogP contribution in [0.4, 0.5) is 0 Å². The van der Waals surface area contributed by atoms with E-state index in [4.69, 9.17) is 5.73 Å². The predicted octanol–water partition coefficient (Wildman–Crippen LogP) is 1.18. The second-order valence-electron chi connectivity index (χ2n) is 4.25. The van der Waals surface area contributed by atoms with Gasteiger partial charge in [-0.15, -0.1) is 0 Å². The first-order valence-corrected chi connectivity index (χ1v) is 5.70. The van der Waals surface area contributed by atoms with E-state index in [2.05, 4.69) is 22.9 Å². The molecule has 3 nitrogen and oxygen atoms in total. The summed E-state index contributed by atoms with van der Waals surface area (Å²) in [6, 6.07) is 4.54. The highest BCUT2D eigenvalue weighted by Gasteiger charge is 2.19. The largest absolute Gasteiger partial charge is 0.326 e. The summed E-state index contributed by atoms with van der Waals surface area (Å²) in [5.74, 6) is 0. The quantitative estimate of drug-likeness (QED) is 0.805. The van der Waals surface area contributed by atoms with Crippen molar-refractivity contribution < 1.29 is 0 Å². The summed E-state index contributed by atoms with van der Waals surface area (Å²) in [5, 5.41) is 0. The van der Waals surface area contributed by atoms with Crippen LogP contribution in [0.5, 0.6) is 0 Å². The smallest absolute Gasteiger partial charge is 0.0575 e. The molecular formula is C12H19N3. The first-order valence-electron chi connectivity index (χ1n) is 5.70. The number of rotatable bonds is 3. The summed E-state index contributed by atoms with van der Waals surface area (Å²) in [5.41, 5.74) is 8.46. The Balaban J connectivity index is 2.04. The molecule has 2 rings (SSSR count). The molecule has 1 fully saturated rings. The summed E-state index contributed by atoms with van der Waals surface area (Å²) in [4.78, 5) is 6.85. The van der Waals surface area contributed by atoms with Gasteiger partial charge in [-0.25, -0.2) is 0 Å². The summed E-state index contributed by atoms with van der Waals surface area (Å²) in [7, 11) is 0. The van der Waals surface area contributed by atoms with Crippen LogP contribution in [0, 0.1) is 0 Å². The van der Waals surface area contributed by atoms with Crippen LogP contribution < -0.4 is 5.73 Å². The number of nitrogens with zero attached hydrogens (tertiary/aromatic N) is 2. The van der Waals surface area contributed by atoms with Crippen molar-refractivity contribution >= 4 is 0 Å². The number of pyridine rings is 1. The van der Waals surface area contributed by atoms with Crippen LogP contribution in [-0.2, 0) is 13.0 Å². The molecule has 0 amide bonds. The van der Waals surface area contributed by atoms with Crippen LogP contribution in [0.1, 0.15) is 24.6 Å². The minimum absolute atomic E-state index is 0.360. The average Bonchev–Trinajstić information content (AvgIpc) is 2.65. The van der Waals surface area contributed by atoms with E-state index in [1.807, 2.05) is 12.3 Å². The highest BCUT2D eigenvalue weighted by atomic mass is 15.2. The summed E-state index contributed by atoms with van der Waals surface area (Å²) in [6.45, 7) is 5.26. The topological polar surface area (TPSA) is 42.2 Å². The monoisotopic (exact) mass is 205 g/mol. The van der Waals surface area contributed by atoms with Gasteiger partial charge in [-0.05, 0) is 24.5 Å². The normalized spacial score (nSPS) is 22.1. The van der Waals surface area contributed by atoms with E-state index >= 15 is 0 Å². The first kappa shape index (κ1) is 10.6. The molecule has 1 atom stereocenters. The van der Waals surface area contributed by atoms with Gasteiger partial charge in [0.15, 0.2) is 0 Å². The van der Waals surface area contributed by atoms with Crippen LogP contribution in [-0.4, -0.2) is 29.0 Å². The molecular weight excluding hydrogens is 186 g/mol. The van der Waals surface area contributed by atoms with Gasteiger partial charge in [-0.2, -0.15) is 0 Å². The molecule has 2 heterocycles. The zero-order chi connectivity index (χ0) is 10.7. The molecule has 1 unspecified atom stereocenters. The van der Waals surface area contributed by atoms with E-state index in [-0.39, 0.29) is 0 Å². The molecule has 2 N–H and O–H groups in total. The lowest BCUT2D eigenvalue weighted by atomic mass is 10.1. The fraction of sp³-hybridized carbons (Fsp3) is 0.583. The van der Waals surface area contributed by atoms with E-state index in [0.29, 0.717) is 6.04 Å². The molecule has 0 aromatic carbocycles. The Labute approximate surface area is 91.3 Å². The molecule has 82 valence electrons. The maximum atomic E-state index is 5.89. The van der Waals surface area contributed by atoms with Crippen molar-refractivity contribution in [2.45, 2.75) is 32.4 Å². The van der Waals surface area contributed by atoms with Crippen molar-refractivity contribution in [2.24, 2.45) is 5.73 Å². The average molecular weight is 205 g/mol. The Morgan fingerprint density at radius 2 is 2.47 bits per heavy atom. The number of nitrogens with two attached hydrogens (primary N) is 1. The van der Waals surface area contributed by atoms with Gasteiger partial charge >= 0.3 is 0 Å². The molecule has 0 bridgehead atoms. The number of likely N-dealkylation sites (tertiary alicyclic amines) is 1. The third-order valence-electron chi connectivity index (χ3n) is 3.05. The van der Waals surface area contributed by atoms with E-state index in [1.54, 1.807) is 0 Å². The van der Waals surface area contributed by atoms with E-state index in [0.717, 1.165) is 32.5 Å². The second-order valence-corrected chi connectivity index (χ2v) is 4.25. The third-order valence-corrected chi connectivity index (χ3v) is 3.05. The molecule has 0 aliphatic carbocycles. The van der Waals surface area contributed by atoms with Gasteiger partial charge < -0.3 is 5.73 Å². The maximum Gasteiger partial charge on any atom is 0.0575 e. The molecule has 0 radical (unpaired) electrons. The Bertz CT molecular complexity index is 324. The van der Waals surface area contributed by atoms with Gasteiger partial charge in [0, 0.05) is 31.9 Å². The van der Waals surface area contributed by atoms with Gasteiger partial charge in [0.25, 0.3) is 0 Å². The summed E-state index contributed by atoms with van der Waals surface area (Å²) in [6.07, 6.45) is 4.06. The van der Waals surface area contributed by atoms with Gasteiger partial charge in [0.1, 0.15) is 0 Å². The standard InChI is InChI=1S/C12H19N3/c1-2-10-4-3-6-14-12(10)9-15-7-5-11(13)8-15/h3-4,6,11H,2,5,7-9,13H2,1H3. The predicted molar refractivity (Wildman–Crippen MR) is 61.5 cm³/mol. The van der Waals surface area contributed by atoms with Gasteiger partial charge in [-0.3, -0.25) is 9.88 Å². The molecule has 1 aliphatic heterocycles. The lowest BCUT2D eigenvalue weighted by Gasteiger charge is -2.16. The molecule has 1 aliphatic rings. The van der Waals surface area contributed by atoms with E-state index in [1.165, 1.54) is 11.3 Å². The van der Waals surface area contributed by atoms with Crippen molar-refractivity contribution in [3.63, 3.8) is 0 Å². The summed E-state index contributed by atoms with van der Waals surface area (Å²) >= 11 is 0. The Hall–Kier alpha value is -0.930. The molecule has 1 aromatic rings. The van der Waals surface area contributed by atoms with Crippen LogP contribution >= 0.6 is 0 Å². The van der Waals surface area contributed by atoms with Crippen LogP contribution in [0.25, 0.3) is 0 Å². The third kappa shape index (κ3) is 2.55. The van der Waals surface area contributed by atoms with Crippen molar-refractivity contribution in [3.8, 4) is 0 Å². The van der Waals surface area contributed by atoms with Gasteiger partial charge in [0.2, 0.25) is 0 Å². The minimum atomic E-state index is 0.360. The minimum Gasteiger partial charge on any atom is -0.326 e. The van der Waals surface area contributed by atoms with E-state index in [9.17, 15) is 0 Å². The van der Waals surface area contributed by atoms with E-state index < -0.39 is 0 Å². The second kappa shape index (κ2) is 4.73. The summed E-state index contributed by atoms with van der Waals surface area (Å²) < 4.78 is 0. The number of aryl methyl sites for hydroxylation is 1. The zero-order valence-electron chi connectivity index (χ0n) is 9.32. The molecule has 1 saturated heterocycles. The SMILES string of the molecule is CCc1cccnc1CN1CCC(N)C1. The Morgan fingerprint density at radius 3 is 3.13 bits per heavy atom. The van der Waals surface area contributed by atoms with Crippen molar-refractivity contribution in [1.29, 1.82) is 0 Å². The van der Waals surface area contributed by atoms with Crippen molar-refractivity contribution in [3.05, 3.63) is 29.6 Å². The number of hydrogen-bond donors (Lipinski definition) is 1. The lowest BCUT2D eigenvalue weighted by Crippen LogP contribution is -2.26. The van der Waals surface area contributed by atoms with Gasteiger partial charge in [0.05, 0.1) is 5.69 Å². The highest BCUT2D eigenvalue weighted by Crippen LogP contribution is 2.14. The van der Waals surface area contributed by atoms with Crippen LogP contribution in [0.3, 0.4) is 0 Å². The first-order chi connectivity index (χ1) is 7.29. The fourth-order valence-electron chi connectivity index (χ4n) is 2.15. The molecule has 0 saturated carbocycles. The maximum absolute atomic E-state index is 5.89. The number of aromatic nitrogens is 1. The molecule has 15 heavy (non-hydrogen) atoms. The molecule has 0 spiro atoms. The lowest BCUT2D eigenvalue weighted by molar-refractivity contribution is 0.321. The molecule has 3 heteroatoms. The van der Waals surface area contributed by atoms with Crippen molar-refractivity contribution in [1.82, 2.24) is 9.88 Å². The Kier molecular flexibility index (Phi) is 3.34. The van der Waals surface area contributed by atoms with Gasteiger partial charge in [-0.1, -0.05) is 13.0 Å². The fourth-order valence-corrected chi connectivity index (χ4v) is 2.15. The van der Waals surface area contributed by atoms with Crippen molar-refractivity contribution in [2.75, 3.05) is 13.1 Å². The number of hydrogen-bond acceptors (Lipinski definition) is 3. The van der Waals surface area contributed by atoms with Crippen LogP contribution in [0.2, 0.25) is 0 Å².